The van der Waals surface area contributed by atoms with Crippen LogP contribution in [-0.2, 0) is 4.74 Å². The number of rotatable bonds is 4. The van der Waals surface area contributed by atoms with Crippen LogP contribution in [0.1, 0.15) is 0 Å². The molecule has 0 atom stereocenters. The summed E-state index contributed by atoms with van der Waals surface area (Å²) in [4.78, 5) is 14.0. The van der Waals surface area contributed by atoms with Crippen LogP contribution in [0.15, 0.2) is 22.7 Å². The van der Waals surface area contributed by atoms with Gasteiger partial charge in [-0.3, -0.25) is 4.90 Å². The molecule has 1 heterocycles. The summed E-state index contributed by atoms with van der Waals surface area (Å²) in [5, 5.41) is 6.05. The highest BCUT2D eigenvalue weighted by Gasteiger charge is 2.10. The number of ether oxygens (including phenoxy) is 1. The van der Waals surface area contributed by atoms with Gasteiger partial charge in [-0.1, -0.05) is 27.5 Å². The summed E-state index contributed by atoms with van der Waals surface area (Å²) in [6.07, 6.45) is 0. The number of anilines is 1. The molecule has 20 heavy (non-hydrogen) atoms. The Kier molecular flexibility index (Phi) is 6.09. The molecule has 0 aromatic heterocycles. The molecule has 7 heteroatoms. The fraction of sp³-hybridized carbons (Fsp3) is 0.462. The highest BCUT2D eigenvalue weighted by molar-refractivity contribution is 9.10. The molecular weight excluding hydrogens is 346 g/mol. The lowest BCUT2D eigenvalue weighted by Crippen LogP contribution is -2.42. The fourth-order valence-electron chi connectivity index (χ4n) is 1.91. The number of halogens is 2. The molecule has 0 spiro atoms. The first-order valence-electron chi connectivity index (χ1n) is 6.45. The number of morpholine rings is 1. The zero-order valence-electron chi connectivity index (χ0n) is 11.0. The minimum absolute atomic E-state index is 0.248. The van der Waals surface area contributed by atoms with Gasteiger partial charge >= 0.3 is 6.03 Å². The van der Waals surface area contributed by atoms with Crippen LogP contribution < -0.4 is 10.6 Å². The van der Waals surface area contributed by atoms with Crippen molar-refractivity contribution < 1.29 is 9.53 Å². The zero-order chi connectivity index (χ0) is 14.4. The largest absolute Gasteiger partial charge is 0.379 e. The van der Waals surface area contributed by atoms with Crippen molar-refractivity contribution in [3.8, 4) is 0 Å². The molecule has 0 radical (unpaired) electrons. The third kappa shape index (κ3) is 4.94. The number of nitrogens with one attached hydrogen (secondary N) is 2. The number of carbonyl (C=O) groups excluding carboxylic acids is 1. The molecule has 2 rings (SSSR count). The number of nitrogens with zero attached hydrogens (tertiary/aromatic N) is 1. The van der Waals surface area contributed by atoms with E-state index in [1.54, 1.807) is 12.1 Å². The van der Waals surface area contributed by atoms with Crippen LogP contribution >= 0.6 is 27.5 Å². The van der Waals surface area contributed by atoms with Crippen LogP contribution in [0.2, 0.25) is 5.02 Å². The van der Waals surface area contributed by atoms with Gasteiger partial charge in [-0.2, -0.15) is 0 Å². The Labute approximate surface area is 131 Å². The Morgan fingerprint density at radius 3 is 2.85 bits per heavy atom. The average molecular weight is 363 g/mol. The van der Waals surface area contributed by atoms with E-state index in [0.717, 1.165) is 37.3 Å². The van der Waals surface area contributed by atoms with E-state index in [1.165, 1.54) is 0 Å². The van der Waals surface area contributed by atoms with Crippen molar-refractivity contribution in [3.05, 3.63) is 27.7 Å². The number of carbonyl (C=O) groups is 1. The van der Waals surface area contributed by atoms with Crippen molar-refractivity contribution in [2.24, 2.45) is 0 Å². The first-order chi connectivity index (χ1) is 9.65. The predicted octanol–water partition coefficient (Wildman–Crippen LogP) is 2.56. The maximum Gasteiger partial charge on any atom is 0.319 e. The number of benzene rings is 1. The molecule has 0 aliphatic carbocycles. The molecule has 2 N–H and O–H groups in total. The molecular formula is C13H17BrClN3O2. The molecule has 1 saturated heterocycles. The summed E-state index contributed by atoms with van der Waals surface area (Å²) in [6.45, 7) is 4.79. The van der Waals surface area contributed by atoms with E-state index >= 15 is 0 Å². The molecule has 1 aliphatic heterocycles. The van der Waals surface area contributed by atoms with Gasteiger partial charge in [-0.25, -0.2) is 4.79 Å². The van der Waals surface area contributed by atoms with Crippen LogP contribution in [0.5, 0.6) is 0 Å². The van der Waals surface area contributed by atoms with Crippen LogP contribution in [0.3, 0.4) is 0 Å². The normalized spacial score (nSPS) is 15.9. The van der Waals surface area contributed by atoms with Crippen LogP contribution in [0.25, 0.3) is 0 Å². The van der Waals surface area contributed by atoms with Crippen molar-refractivity contribution in [2.45, 2.75) is 0 Å². The Morgan fingerprint density at radius 1 is 1.40 bits per heavy atom. The van der Waals surface area contributed by atoms with Crippen molar-refractivity contribution >= 4 is 39.2 Å². The van der Waals surface area contributed by atoms with Gasteiger partial charge in [0.25, 0.3) is 0 Å². The number of hydrogen-bond acceptors (Lipinski definition) is 3. The molecule has 2 amide bonds. The van der Waals surface area contributed by atoms with E-state index < -0.39 is 0 Å². The monoisotopic (exact) mass is 361 g/mol. The van der Waals surface area contributed by atoms with Crippen LogP contribution in [0, 0.1) is 0 Å². The van der Waals surface area contributed by atoms with Gasteiger partial charge in [0, 0.05) is 30.7 Å². The lowest BCUT2D eigenvalue weighted by Gasteiger charge is -2.26. The van der Waals surface area contributed by atoms with Crippen molar-refractivity contribution in [1.82, 2.24) is 10.2 Å². The lowest BCUT2D eigenvalue weighted by atomic mass is 10.3. The topological polar surface area (TPSA) is 53.6 Å². The lowest BCUT2D eigenvalue weighted by molar-refractivity contribution is 0.0388. The van der Waals surface area contributed by atoms with Crippen LogP contribution in [-0.4, -0.2) is 50.3 Å². The van der Waals surface area contributed by atoms with Crippen molar-refractivity contribution in [2.75, 3.05) is 44.7 Å². The van der Waals surface area contributed by atoms with Gasteiger partial charge in [0.05, 0.1) is 23.9 Å². The smallest absolute Gasteiger partial charge is 0.319 e. The van der Waals surface area contributed by atoms with Crippen molar-refractivity contribution in [3.63, 3.8) is 0 Å². The second kappa shape index (κ2) is 7.83. The van der Waals surface area contributed by atoms with E-state index in [1.807, 2.05) is 6.07 Å². The number of hydrogen-bond donors (Lipinski definition) is 2. The second-order valence-corrected chi connectivity index (χ2v) is 5.78. The number of urea groups is 1. The molecule has 110 valence electrons. The Balaban J connectivity index is 1.72. The quantitative estimate of drug-likeness (QED) is 0.865. The van der Waals surface area contributed by atoms with Gasteiger partial charge in [0.1, 0.15) is 0 Å². The summed E-state index contributed by atoms with van der Waals surface area (Å²) < 4.78 is 6.14. The summed E-state index contributed by atoms with van der Waals surface area (Å²) in [5.41, 5.74) is 0.596. The molecule has 1 aromatic rings. The Morgan fingerprint density at radius 2 is 2.15 bits per heavy atom. The molecule has 1 aliphatic rings. The fourth-order valence-corrected chi connectivity index (χ4v) is 2.63. The summed E-state index contributed by atoms with van der Waals surface area (Å²) in [6, 6.07) is 5.08. The van der Waals surface area contributed by atoms with Gasteiger partial charge < -0.3 is 15.4 Å². The first-order valence-corrected chi connectivity index (χ1v) is 7.62. The first kappa shape index (κ1) is 15.6. The van der Waals surface area contributed by atoms with E-state index in [-0.39, 0.29) is 6.03 Å². The summed E-state index contributed by atoms with van der Waals surface area (Å²) in [7, 11) is 0. The SMILES string of the molecule is O=C(NCCN1CCOCC1)Nc1ccc(Br)cc1Cl. The molecule has 1 aromatic carbocycles. The maximum absolute atomic E-state index is 11.8. The third-order valence-electron chi connectivity index (χ3n) is 3.00. The summed E-state index contributed by atoms with van der Waals surface area (Å²) in [5.74, 6) is 0. The van der Waals surface area contributed by atoms with E-state index in [9.17, 15) is 4.79 Å². The Bertz CT molecular complexity index is 467. The minimum Gasteiger partial charge on any atom is -0.379 e. The minimum atomic E-state index is -0.248. The second-order valence-electron chi connectivity index (χ2n) is 4.46. The molecule has 5 nitrogen and oxygen atoms in total. The van der Waals surface area contributed by atoms with Gasteiger partial charge in [-0.05, 0) is 18.2 Å². The van der Waals surface area contributed by atoms with E-state index in [4.69, 9.17) is 16.3 Å². The number of amides is 2. The molecule has 0 unspecified atom stereocenters. The Hall–Kier alpha value is -0.820. The van der Waals surface area contributed by atoms with Gasteiger partial charge in [0.2, 0.25) is 0 Å². The zero-order valence-corrected chi connectivity index (χ0v) is 13.3. The van der Waals surface area contributed by atoms with Gasteiger partial charge in [-0.15, -0.1) is 0 Å². The van der Waals surface area contributed by atoms with Gasteiger partial charge in [0.15, 0.2) is 0 Å². The van der Waals surface area contributed by atoms with Crippen LogP contribution in [0.4, 0.5) is 10.5 Å². The maximum atomic E-state index is 11.8. The standard InChI is InChI=1S/C13H17BrClN3O2/c14-10-1-2-12(11(15)9-10)17-13(19)16-3-4-18-5-7-20-8-6-18/h1-2,9H,3-8H2,(H2,16,17,19). The summed E-state index contributed by atoms with van der Waals surface area (Å²) >= 11 is 9.35. The highest BCUT2D eigenvalue weighted by atomic mass is 79.9. The van der Waals surface area contributed by atoms with Crippen molar-refractivity contribution in [1.29, 1.82) is 0 Å². The van der Waals surface area contributed by atoms with E-state index in [0.29, 0.717) is 17.3 Å². The molecule has 1 fully saturated rings. The third-order valence-corrected chi connectivity index (χ3v) is 3.80. The molecule has 0 saturated carbocycles. The van der Waals surface area contributed by atoms with E-state index in [2.05, 4.69) is 31.5 Å². The highest BCUT2D eigenvalue weighted by Crippen LogP contribution is 2.25. The predicted molar refractivity (Wildman–Crippen MR) is 83.4 cm³/mol. The average Bonchev–Trinajstić information content (AvgIpc) is 2.43. The molecule has 0 bridgehead atoms.